The number of nitrogens with one attached hydrogen (secondary N) is 2. The minimum absolute atomic E-state index is 0.00100. The molecule has 178 valence electrons. The van der Waals surface area contributed by atoms with E-state index in [0.29, 0.717) is 11.6 Å². The molecule has 1 amide bonds. The van der Waals surface area contributed by atoms with E-state index in [0.717, 1.165) is 31.2 Å². The summed E-state index contributed by atoms with van der Waals surface area (Å²) >= 11 is 0. The molecule has 33 heavy (non-hydrogen) atoms. The van der Waals surface area contributed by atoms with Gasteiger partial charge in [0.25, 0.3) is 15.9 Å². The van der Waals surface area contributed by atoms with Crippen molar-refractivity contribution in [2.45, 2.75) is 50.5 Å². The average Bonchev–Trinajstić information content (AvgIpc) is 2.80. The number of aryl methyl sites for hydroxylation is 1. The number of benzene rings is 2. The first-order chi connectivity index (χ1) is 15.7. The maximum absolute atomic E-state index is 13.0. The van der Waals surface area contributed by atoms with Crippen molar-refractivity contribution in [3.8, 4) is 5.75 Å². The Kier molecular flexibility index (Phi) is 7.97. The maximum Gasteiger partial charge on any atom is 0.338 e. The predicted molar refractivity (Wildman–Crippen MR) is 125 cm³/mol. The Balaban J connectivity index is 1.69. The van der Waals surface area contributed by atoms with Crippen LogP contribution in [-0.4, -0.2) is 40.1 Å². The molecule has 9 heteroatoms. The monoisotopic (exact) mass is 474 g/mol. The summed E-state index contributed by atoms with van der Waals surface area (Å²) < 4.78 is 38.7. The quantitative estimate of drug-likeness (QED) is 0.565. The highest BCUT2D eigenvalue weighted by Crippen LogP contribution is 2.28. The number of amides is 1. The standard InChI is InChI=1S/C24H30N2O6S/c1-16-8-11-19(12-9-16)26-33(29,30)22-14-18(10-13-21(22)31-3)24(28)32-15-23(27)25-20-7-5-4-6-17(20)2/h8-14,17,20,26H,4-7,15H2,1-3H3,(H,25,27). The molecule has 2 aromatic rings. The second-order valence-electron chi connectivity index (χ2n) is 8.35. The molecule has 0 saturated heterocycles. The van der Waals surface area contributed by atoms with Gasteiger partial charge in [-0.2, -0.15) is 0 Å². The Labute approximate surface area is 194 Å². The van der Waals surface area contributed by atoms with Crippen molar-refractivity contribution in [3.05, 3.63) is 53.6 Å². The van der Waals surface area contributed by atoms with E-state index in [-0.39, 0.29) is 28.2 Å². The summed E-state index contributed by atoms with van der Waals surface area (Å²) in [7, 11) is -2.70. The number of hydrogen-bond acceptors (Lipinski definition) is 6. The van der Waals surface area contributed by atoms with Gasteiger partial charge in [-0.3, -0.25) is 9.52 Å². The number of anilines is 1. The summed E-state index contributed by atoms with van der Waals surface area (Å²) in [5, 5.41) is 2.92. The number of sulfonamides is 1. The van der Waals surface area contributed by atoms with Gasteiger partial charge in [0.15, 0.2) is 6.61 Å². The largest absolute Gasteiger partial charge is 0.495 e. The zero-order chi connectivity index (χ0) is 24.0. The molecule has 1 aliphatic rings. The van der Waals surface area contributed by atoms with Crippen LogP contribution in [0.15, 0.2) is 47.4 Å². The van der Waals surface area contributed by atoms with Crippen molar-refractivity contribution in [3.63, 3.8) is 0 Å². The fourth-order valence-corrected chi connectivity index (χ4v) is 5.09. The van der Waals surface area contributed by atoms with Crippen LogP contribution in [0.1, 0.15) is 48.5 Å². The number of hydrogen-bond donors (Lipinski definition) is 2. The zero-order valence-corrected chi connectivity index (χ0v) is 19.9. The van der Waals surface area contributed by atoms with Gasteiger partial charge in [-0.1, -0.05) is 37.5 Å². The molecule has 0 spiro atoms. The Morgan fingerprint density at radius 1 is 1.06 bits per heavy atom. The highest BCUT2D eigenvalue weighted by molar-refractivity contribution is 7.92. The first kappa shape index (κ1) is 24.6. The van der Waals surface area contributed by atoms with Crippen molar-refractivity contribution >= 4 is 27.6 Å². The van der Waals surface area contributed by atoms with Crippen LogP contribution >= 0.6 is 0 Å². The van der Waals surface area contributed by atoms with Crippen LogP contribution in [0.25, 0.3) is 0 Å². The molecule has 0 aromatic heterocycles. The second-order valence-corrected chi connectivity index (χ2v) is 10.00. The normalized spacial score (nSPS) is 18.3. The Hall–Kier alpha value is -3.07. The Morgan fingerprint density at radius 3 is 2.42 bits per heavy atom. The molecule has 0 radical (unpaired) electrons. The van der Waals surface area contributed by atoms with Crippen molar-refractivity contribution in [2.24, 2.45) is 5.92 Å². The molecule has 2 aromatic carbocycles. The molecule has 3 rings (SSSR count). The molecule has 8 nitrogen and oxygen atoms in total. The highest BCUT2D eigenvalue weighted by Gasteiger charge is 2.25. The molecule has 0 heterocycles. The van der Waals surface area contributed by atoms with E-state index < -0.39 is 22.6 Å². The van der Waals surface area contributed by atoms with Gasteiger partial charge in [0.1, 0.15) is 10.6 Å². The minimum Gasteiger partial charge on any atom is -0.495 e. The molecule has 1 fully saturated rings. The summed E-state index contributed by atoms with van der Waals surface area (Å²) in [6, 6.07) is 10.9. The van der Waals surface area contributed by atoms with Crippen LogP contribution in [0.4, 0.5) is 5.69 Å². The lowest BCUT2D eigenvalue weighted by molar-refractivity contribution is -0.125. The predicted octanol–water partition coefficient (Wildman–Crippen LogP) is 3.66. The van der Waals surface area contributed by atoms with E-state index in [4.69, 9.17) is 9.47 Å². The number of carbonyl (C=O) groups is 2. The number of carbonyl (C=O) groups excluding carboxylic acids is 2. The smallest absolute Gasteiger partial charge is 0.338 e. The lowest BCUT2D eigenvalue weighted by Gasteiger charge is -2.29. The average molecular weight is 475 g/mol. The summed E-state index contributed by atoms with van der Waals surface area (Å²) in [5.74, 6) is -0.704. The SMILES string of the molecule is COc1ccc(C(=O)OCC(=O)NC2CCCCC2C)cc1S(=O)(=O)Nc1ccc(C)cc1. The van der Waals surface area contributed by atoms with E-state index in [2.05, 4.69) is 17.0 Å². The molecule has 0 aliphatic heterocycles. The molecule has 0 bridgehead atoms. The van der Waals surface area contributed by atoms with Crippen LogP contribution in [0, 0.1) is 12.8 Å². The number of ether oxygens (including phenoxy) is 2. The molecule has 2 N–H and O–H groups in total. The summed E-state index contributed by atoms with van der Waals surface area (Å²) in [6.45, 7) is 3.56. The van der Waals surface area contributed by atoms with Gasteiger partial charge in [-0.15, -0.1) is 0 Å². The molecule has 1 saturated carbocycles. The number of methoxy groups -OCH3 is 1. The molecular weight excluding hydrogens is 444 g/mol. The van der Waals surface area contributed by atoms with Crippen molar-refractivity contribution in [2.75, 3.05) is 18.4 Å². The summed E-state index contributed by atoms with van der Waals surface area (Å²) in [5.41, 5.74) is 1.37. The Morgan fingerprint density at radius 2 is 1.76 bits per heavy atom. The second kappa shape index (κ2) is 10.7. The highest BCUT2D eigenvalue weighted by atomic mass is 32.2. The fourth-order valence-electron chi connectivity index (χ4n) is 3.84. The fraction of sp³-hybridized carbons (Fsp3) is 0.417. The van der Waals surface area contributed by atoms with Crippen molar-refractivity contribution in [1.29, 1.82) is 0 Å². The van der Waals surface area contributed by atoms with Crippen LogP contribution in [0.3, 0.4) is 0 Å². The van der Waals surface area contributed by atoms with Crippen LogP contribution in [0.5, 0.6) is 5.75 Å². The third kappa shape index (κ3) is 6.47. The summed E-state index contributed by atoms with van der Waals surface area (Å²) in [6.07, 6.45) is 4.19. The van der Waals surface area contributed by atoms with Crippen molar-refractivity contribution in [1.82, 2.24) is 5.32 Å². The topological polar surface area (TPSA) is 111 Å². The summed E-state index contributed by atoms with van der Waals surface area (Å²) in [4.78, 5) is 24.5. The molecule has 2 unspecified atom stereocenters. The maximum atomic E-state index is 13.0. The third-order valence-corrected chi connectivity index (χ3v) is 7.19. The zero-order valence-electron chi connectivity index (χ0n) is 19.1. The van der Waals surface area contributed by atoms with E-state index in [1.54, 1.807) is 24.3 Å². The van der Waals surface area contributed by atoms with E-state index in [1.807, 2.05) is 6.92 Å². The minimum atomic E-state index is -4.04. The molecular formula is C24H30N2O6S. The molecule has 1 aliphatic carbocycles. The van der Waals surface area contributed by atoms with Gasteiger partial charge < -0.3 is 14.8 Å². The van der Waals surface area contributed by atoms with Gasteiger partial charge in [0, 0.05) is 11.7 Å². The number of esters is 1. The van der Waals surface area contributed by atoms with E-state index >= 15 is 0 Å². The van der Waals surface area contributed by atoms with Crippen LogP contribution in [0.2, 0.25) is 0 Å². The lowest BCUT2D eigenvalue weighted by atomic mass is 9.86. The van der Waals surface area contributed by atoms with Gasteiger partial charge in [0.05, 0.1) is 12.7 Å². The molecule has 2 atom stereocenters. The van der Waals surface area contributed by atoms with E-state index in [1.165, 1.54) is 25.3 Å². The van der Waals surface area contributed by atoms with Gasteiger partial charge in [-0.25, -0.2) is 13.2 Å². The Bertz CT molecular complexity index is 1100. The van der Waals surface area contributed by atoms with Crippen LogP contribution < -0.4 is 14.8 Å². The first-order valence-electron chi connectivity index (χ1n) is 10.9. The van der Waals surface area contributed by atoms with Gasteiger partial charge in [-0.05, 0) is 56.0 Å². The first-order valence-corrected chi connectivity index (χ1v) is 12.4. The lowest BCUT2D eigenvalue weighted by Crippen LogP contribution is -2.42. The van der Waals surface area contributed by atoms with Crippen LogP contribution in [-0.2, 0) is 19.6 Å². The number of rotatable bonds is 8. The van der Waals surface area contributed by atoms with Gasteiger partial charge >= 0.3 is 5.97 Å². The third-order valence-electron chi connectivity index (χ3n) is 5.78. The van der Waals surface area contributed by atoms with Crippen molar-refractivity contribution < 1.29 is 27.5 Å². The van der Waals surface area contributed by atoms with Gasteiger partial charge in [0.2, 0.25) is 0 Å². The van der Waals surface area contributed by atoms with E-state index in [9.17, 15) is 18.0 Å².